The molecule has 0 aromatic carbocycles. The molecule has 0 saturated heterocycles. The van der Waals surface area contributed by atoms with Crippen molar-refractivity contribution in [1.29, 1.82) is 0 Å². The Bertz CT molecular complexity index is 283. The lowest BCUT2D eigenvalue weighted by molar-refractivity contribution is -0.0140. The van der Waals surface area contributed by atoms with E-state index in [0.717, 1.165) is 31.6 Å². The monoisotopic (exact) mass is 224 g/mol. The number of aryl methyl sites for hydroxylation is 1. The fraction of sp³-hybridized carbons (Fsp3) is 0.692. The van der Waals surface area contributed by atoms with Crippen LogP contribution in [-0.4, -0.2) is 10.7 Å². The molecule has 0 radical (unpaired) electrons. The Morgan fingerprint density at radius 2 is 2.20 bits per heavy atom. The number of hydrogen-bond donors (Lipinski definition) is 1. The molecule has 2 rings (SSSR count). The lowest BCUT2D eigenvalue weighted by Gasteiger charge is -2.34. The molecule has 1 nitrogen and oxygen atoms in total. The van der Waals surface area contributed by atoms with Gasteiger partial charge < -0.3 is 5.11 Å². The van der Waals surface area contributed by atoms with E-state index >= 15 is 0 Å². The van der Waals surface area contributed by atoms with Crippen LogP contribution in [0.1, 0.15) is 43.9 Å². The summed E-state index contributed by atoms with van der Waals surface area (Å²) in [5.41, 5.74) is -0.365. The molecule has 0 unspecified atom stereocenters. The van der Waals surface area contributed by atoms with Crippen molar-refractivity contribution in [3.05, 3.63) is 22.4 Å². The summed E-state index contributed by atoms with van der Waals surface area (Å²) in [4.78, 5) is 1.40. The Morgan fingerprint density at radius 1 is 1.47 bits per heavy atom. The number of aliphatic hydroxyl groups is 1. The van der Waals surface area contributed by atoms with Crippen LogP contribution in [0, 0.1) is 5.92 Å². The molecule has 1 aliphatic rings. The molecule has 0 bridgehead atoms. The number of thiophene rings is 1. The van der Waals surface area contributed by atoms with Gasteiger partial charge in [-0.1, -0.05) is 13.0 Å². The molecule has 2 heteroatoms. The van der Waals surface area contributed by atoms with E-state index in [4.69, 9.17) is 0 Å². The molecule has 15 heavy (non-hydrogen) atoms. The van der Waals surface area contributed by atoms with E-state index in [2.05, 4.69) is 24.4 Å². The van der Waals surface area contributed by atoms with E-state index in [9.17, 15) is 5.11 Å². The minimum atomic E-state index is -0.365. The summed E-state index contributed by atoms with van der Waals surface area (Å²) in [6, 6.07) is 4.26. The fourth-order valence-corrected chi connectivity index (χ4v) is 3.07. The predicted molar refractivity (Wildman–Crippen MR) is 65.2 cm³/mol. The second-order valence-electron chi connectivity index (χ2n) is 4.99. The van der Waals surface area contributed by atoms with Crippen molar-refractivity contribution in [2.75, 3.05) is 0 Å². The van der Waals surface area contributed by atoms with Crippen molar-refractivity contribution in [2.45, 2.75) is 51.0 Å². The van der Waals surface area contributed by atoms with Gasteiger partial charge in [0.2, 0.25) is 0 Å². The van der Waals surface area contributed by atoms with Gasteiger partial charge in [-0.3, -0.25) is 0 Å². The van der Waals surface area contributed by atoms with E-state index < -0.39 is 0 Å². The third-order valence-corrected chi connectivity index (χ3v) is 4.56. The quantitative estimate of drug-likeness (QED) is 0.831. The Labute approximate surface area is 96.1 Å². The summed E-state index contributed by atoms with van der Waals surface area (Å²) < 4.78 is 0. The highest BCUT2D eigenvalue weighted by atomic mass is 32.1. The van der Waals surface area contributed by atoms with Gasteiger partial charge in [0.05, 0.1) is 5.60 Å². The molecule has 1 heterocycles. The Kier molecular flexibility index (Phi) is 3.47. The largest absolute Gasteiger partial charge is 0.390 e. The molecular weight excluding hydrogens is 204 g/mol. The van der Waals surface area contributed by atoms with Crippen LogP contribution in [0.15, 0.2) is 17.5 Å². The third kappa shape index (κ3) is 3.05. The van der Waals surface area contributed by atoms with Crippen LogP contribution in [0.4, 0.5) is 0 Å². The van der Waals surface area contributed by atoms with Gasteiger partial charge in [0, 0.05) is 4.88 Å². The second kappa shape index (κ2) is 4.67. The molecule has 1 aromatic rings. The maximum Gasteiger partial charge on any atom is 0.0651 e. The standard InChI is InChI=1S/C13H20OS/c1-11-4-7-13(14,8-5-11)9-6-12-3-2-10-15-12/h2-3,10-11,14H,4-9H2,1H3. The van der Waals surface area contributed by atoms with Crippen LogP contribution in [0.5, 0.6) is 0 Å². The van der Waals surface area contributed by atoms with Gasteiger partial charge in [0.25, 0.3) is 0 Å². The molecule has 0 spiro atoms. The smallest absolute Gasteiger partial charge is 0.0651 e. The molecule has 1 aliphatic carbocycles. The van der Waals surface area contributed by atoms with E-state index in [1.165, 1.54) is 17.7 Å². The molecule has 0 atom stereocenters. The summed E-state index contributed by atoms with van der Waals surface area (Å²) in [5.74, 6) is 0.812. The lowest BCUT2D eigenvalue weighted by atomic mass is 9.77. The predicted octanol–water partition coefficient (Wildman–Crippen LogP) is 3.62. The van der Waals surface area contributed by atoms with Gasteiger partial charge in [0.1, 0.15) is 0 Å². The van der Waals surface area contributed by atoms with Gasteiger partial charge in [-0.05, 0) is 55.9 Å². The average Bonchev–Trinajstić information content (AvgIpc) is 2.73. The lowest BCUT2D eigenvalue weighted by Crippen LogP contribution is -2.33. The van der Waals surface area contributed by atoms with Gasteiger partial charge in [0.15, 0.2) is 0 Å². The SMILES string of the molecule is CC1CCC(O)(CCc2cccs2)CC1. The van der Waals surface area contributed by atoms with Crippen molar-refractivity contribution >= 4 is 11.3 Å². The zero-order valence-electron chi connectivity index (χ0n) is 9.41. The summed E-state index contributed by atoms with van der Waals surface area (Å²) in [6.07, 6.45) is 6.38. The molecular formula is C13H20OS. The molecule has 1 fully saturated rings. The Balaban J connectivity index is 1.83. The molecule has 1 N–H and O–H groups in total. The number of rotatable bonds is 3. The maximum absolute atomic E-state index is 10.4. The van der Waals surface area contributed by atoms with E-state index in [-0.39, 0.29) is 5.60 Å². The molecule has 0 amide bonds. The highest BCUT2D eigenvalue weighted by Crippen LogP contribution is 2.35. The molecule has 0 aliphatic heterocycles. The maximum atomic E-state index is 10.4. The van der Waals surface area contributed by atoms with Crippen LogP contribution >= 0.6 is 11.3 Å². The Morgan fingerprint density at radius 3 is 2.80 bits per heavy atom. The van der Waals surface area contributed by atoms with Crippen molar-refractivity contribution in [1.82, 2.24) is 0 Å². The van der Waals surface area contributed by atoms with E-state index in [0.29, 0.717) is 0 Å². The summed E-state index contributed by atoms with van der Waals surface area (Å²) in [5, 5.41) is 12.5. The molecule has 1 aromatic heterocycles. The van der Waals surface area contributed by atoms with Crippen LogP contribution in [-0.2, 0) is 6.42 Å². The van der Waals surface area contributed by atoms with Crippen LogP contribution in [0.2, 0.25) is 0 Å². The first-order valence-electron chi connectivity index (χ1n) is 5.93. The first-order chi connectivity index (χ1) is 7.18. The van der Waals surface area contributed by atoms with Crippen LogP contribution < -0.4 is 0 Å². The topological polar surface area (TPSA) is 20.2 Å². The number of hydrogen-bond acceptors (Lipinski definition) is 2. The highest BCUT2D eigenvalue weighted by Gasteiger charge is 2.31. The zero-order chi connectivity index (χ0) is 10.7. The minimum Gasteiger partial charge on any atom is -0.390 e. The highest BCUT2D eigenvalue weighted by molar-refractivity contribution is 7.09. The third-order valence-electron chi connectivity index (χ3n) is 3.62. The van der Waals surface area contributed by atoms with Gasteiger partial charge >= 0.3 is 0 Å². The zero-order valence-corrected chi connectivity index (χ0v) is 10.2. The van der Waals surface area contributed by atoms with Crippen LogP contribution in [0.3, 0.4) is 0 Å². The van der Waals surface area contributed by atoms with Gasteiger partial charge in [-0.2, -0.15) is 0 Å². The second-order valence-corrected chi connectivity index (χ2v) is 6.02. The van der Waals surface area contributed by atoms with Crippen LogP contribution in [0.25, 0.3) is 0 Å². The summed E-state index contributed by atoms with van der Waals surface area (Å²) >= 11 is 1.80. The normalized spacial score (nSPS) is 31.7. The van der Waals surface area contributed by atoms with Crippen molar-refractivity contribution in [3.8, 4) is 0 Å². The van der Waals surface area contributed by atoms with Gasteiger partial charge in [-0.15, -0.1) is 11.3 Å². The minimum absolute atomic E-state index is 0.365. The Hall–Kier alpha value is -0.340. The van der Waals surface area contributed by atoms with Crippen molar-refractivity contribution in [2.24, 2.45) is 5.92 Å². The first kappa shape index (κ1) is 11.2. The van der Waals surface area contributed by atoms with Crippen molar-refractivity contribution < 1.29 is 5.11 Å². The van der Waals surface area contributed by atoms with E-state index in [1.807, 2.05) is 0 Å². The summed E-state index contributed by atoms with van der Waals surface area (Å²) in [7, 11) is 0. The van der Waals surface area contributed by atoms with Crippen molar-refractivity contribution in [3.63, 3.8) is 0 Å². The molecule has 1 saturated carbocycles. The van der Waals surface area contributed by atoms with E-state index in [1.54, 1.807) is 11.3 Å². The summed E-state index contributed by atoms with van der Waals surface area (Å²) in [6.45, 7) is 2.29. The average molecular weight is 224 g/mol. The fourth-order valence-electron chi connectivity index (χ4n) is 2.36. The first-order valence-corrected chi connectivity index (χ1v) is 6.81. The molecule has 84 valence electrons. The van der Waals surface area contributed by atoms with Gasteiger partial charge in [-0.25, -0.2) is 0 Å².